The third-order valence-corrected chi connectivity index (χ3v) is 3.13. The summed E-state index contributed by atoms with van der Waals surface area (Å²) < 4.78 is 18.8. The van der Waals surface area contributed by atoms with Crippen molar-refractivity contribution >= 4 is 11.6 Å². The standard InChI is InChI=1S/C16H16FNO3/c1-3-18(13-7-5-4-6-12(13)17)16(20)11-8-9-15(21-2)14(19)10-11/h4-10,19H,3H2,1-2H3. The fourth-order valence-corrected chi connectivity index (χ4v) is 2.07. The van der Waals surface area contributed by atoms with Gasteiger partial charge in [0.2, 0.25) is 0 Å². The average molecular weight is 289 g/mol. The van der Waals surface area contributed by atoms with Gasteiger partial charge in [-0.15, -0.1) is 0 Å². The van der Waals surface area contributed by atoms with E-state index >= 15 is 0 Å². The van der Waals surface area contributed by atoms with E-state index in [0.29, 0.717) is 6.54 Å². The topological polar surface area (TPSA) is 49.8 Å². The average Bonchev–Trinajstić information content (AvgIpc) is 2.49. The van der Waals surface area contributed by atoms with Gasteiger partial charge >= 0.3 is 0 Å². The van der Waals surface area contributed by atoms with Crippen LogP contribution in [0.4, 0.5) is 10.1 Å². The van der Waals surface area contributed by atoms with Crippen molar-refractivity contribution in [2.24, 2.45) is 0 Å². The van der Waals surface area contributed by atoms with Gasteiger partial charge < -0.3 is 14.7 Å². The summed E-state index contributed by atoms with van der Waals surface area (Å²) in [7, 11) is 1.42. The Kier molecular flexibility index (Phi) is 4.42. The number of hydrogen-bond acceptors (Lipinski definition) is 3. The van der Waals surface area contributed by atoms with Gasteiger partial charge in [0.15, 0.2) is 11.5 Å². The number of nitrogens with zero attached hydrogens (tertiary/aromatic N) is 1. The van der Waals surface area contributed by atoms with Crippen LogP contribution in [0, 0.1) is 5.82 Å². The van der Waals surface area contributed by atoms with Gasteiger partial charge in [-0.05, 0) is 37.3 Å². The van der Waals surface area contributed by atoms with Crippen LogP contribution in [0.1, 0.15) is 17.3 Å². The van der Waals surface area contributed by atoms with Gasteiger partial charge in [0.05, 0.1) is 12.8 Å². The van der Waals surface area contributed by atoms with Gasteiger partial charge in [0.25, 0.3) is 5.91 Å². The van der Waals surface area contributed by atoms with Crippen LogP contribution in [0.2, 0.25) is 0 Å². The zero-order chi connectivity index (χ0) is 15.4. The van der Waals surface area contributed by atoms with E-state index in [9.17, 15) is 14.3 Å². The van der Waals surface area contributed by atoms with Crippen LogP contribution < -0.4 is 9.64 Å². The van der Waals surface area contributed by atoms with Crippen molar-refractivity contribution in [3.8, 4) is 11.5 Å². The zero-order valence-electron chi connectivity index (χ0n) is 11.8. The molecule has 0 aliphatic carbocycles. The molecule has 21 heavy (non-hydrogen) atoms. The predicted molar refractivity (Wildman–Crippen MR) is 78.4 cm³/mol. The van der Waals surface area contributed by atoms with Crippen molar-refractivity contribution in [2.75, 3.05) is 18.6 Å². The van der Waals surface area contributed by atoms with E-state index in [-0.39, 0.29) is 28.7 Å². The summed E-state index contributed by atoms with van der Waals surface area (Å²) in [6.45, 7) is 2.07. The summed E-state index contributed by atoms with van der Waals surface area (Å²) in [5.41, 5.74) is 0.471. The van der Waals surface area contributed by atoms with Gasteiger partial charge in [-0.2, -0.15) is 0 Å². The molecule has 5 heteroatoms. The molecule has 2 aromatic rings. The summed E-state index contributed by atoms with van der Waals surface area (Å²) in [4.78, 5) is 13.8. The first kappa shape index (κ1) is 14.8. The Labute approximate surface area is 122 Å². The van der Waals surface area contributed by atoms with Crippen molar-refractivity contribution in [1.29, 1.82) is 0 Å². The Morgan fingerprint density at radius 1 is 1.29 bits per heavy atom. The minimum Gasteiger partial charge on any atom is -0.504 e. The van der Waals surface area contributed by atoms with E-state index < -0.39 is 5.82 Å². The molecule has 0 atom stereocenters. The predicted octanol–water partition coefficient (Wildman–Crippen LogP) is 3.21. The monoisotopic (exact) mass is 289 g/mol. The number of amides is 1. The van der Waals surface area contributed by atoms with E-state index in [2.05, 4.69) is 0 Å². The highest BCUT2D eigenvalue weighted by Crippen LogP contribution is 2.28. The van der Waals surface area contributed by atoms with Gasteiger partial charge in [-0.25, -0.2) is 4.39 Å². The Morgan fingerprint density at radius 2 is 2.00 bits per heavy atom. The molecule has 4 nitrogen and oxygen atoms in total. The third kappa shape index (κ3) is 2.97. The lowest BCUT2D eigenvalue weighted by molar-refractivity contribution is 0.0987. The molecule has 1 N–H and O–H groups in total. The maximum atomic E-state index is 13.8. The van der Waals surface area contributed by atoms with Crippen molar-refractivity contribution in [3.63, 3.8) is 0 Å². The van der Waals surface area contributed by atoms with E-state index in [4.69, 9.17) is 4.74 Å². The highest BCUT2D eigenvalue weighted by atomic mass is 19.1. The fraction of sp³-hybridized carbons (Fsp3) is 0.188. The number of aromatic hydroxyl groups is 1. The molecule has 110 valence electrons. The summed E-state index contributed by atoms with van der Waals surface area (Å²) in [5, 5.41) is 9.75. The number of methoxy groups -OCH3 is 1. The highest BCUT2D eigenvalue weighted by molar-refractivity contribution is 6.06. The lowest BCUT2D eigenvalue weighted by Gasteiger charge is -2.21. The van der Waals surface area contributed by atoms with Gasteiger partial charge in [-0.3, -0.25) is 4.79 Å². The van der Waals surface area contributed by atoms with E-state index in [0.717, 1.165) is 0 Å². The Morgan fingerprint density at radius 3 is 2.57 bits per heavy atom. The Hall–Kier alpha value is -2.56. The van der Waals surface area contributed by atoms with E-state index in [1.54, 1.807) is 25.1 Å². The first-order valence-corrected chi connectivity index (χ1v) is 6.52. The summed E-state index contributed by atoms with van der Waals surface area (Å²) in [5.74, 6) is -0.709. The van der Waals surface area contributed by atoms with Gasteiger partial charge in [0, 0.05) is 12.1 Å². The van der Waals surface area contributed by atoms with Crippen LogP contribution >= 0.6 is 0 Å². The number of para-hydroxylation sites is 1. The largest absolute Gasteiger partial charge is 0.504 e. The molecular formula is C16H16FNO3. The first-order valence-electron chi connectivity index (χ1n) is 6.52. The molecule has 0 radical (unpaired) electrons. The van der Waals surface area contributed by atoms with Crippen LogP contribution in [0.15, 0.2) is 42.5 Å². The first-order chi connectivity index (χ1) is 10.1. The molecule has 2 aromatic carbocycles. The summed E-state index contributed by atoms with van der Waals surface area (Å²) in [6, 6.07) is 10.4. The highest BCUT2D eigenvalue weighted by Gasteiger charge is 2.19. The maximum Gasteiger partial charge on any atom is 0.258 e. The molecule has 0 fully saturated rings. The van der Waals surface area contributed by atoms with Crippen LogP contribution in [0.3, 0.4) is 0 Å². The molecule has 0 spiro atoms. The molecule has 0 aliphatic rings. The number of phenolic OH excluding ortho intramolecular Hbond substituents is 1. The van der Waals surface area contributed by atoms with Crippen LogP contribution in [-0.4, -0.2) is 24.7 Å². The number of anilines is 1. The van der Waals surface area contributed by atoms with Crippen molar-refractivity contribution in [2.45, 2.75) is 6.92 Å². The maximum absolute atomic E-state index is 13.8. The normalized spacial score (nSPS) is 10.2. The van der Waals surface area contributed by atoms with Gasteiger partial charge in [-0.1, -0.05) is 12.1 Å². The van der Waals surface area contributed by atoms with Crippen LogP contribution in [0.25, 0.3) is 0 Å². The summed E-state index contributed by atoms with van der Waals surface area (Å²) >= 11 is 0. The number of benzene rings is 2. The van der Waals surface area contributed by atoms with Gasteiger partial charge in [0.1, 0.15) is 5.82 Å². The number of rotatable bonds is 4. The molecule has 0 saturated carbocycles. The molecular weight excluding hydrogens is 273 g/mol. The molecule has 0 heterocycles. The lowest BCUT2D eigenvalue weighted by atomic mass is 10.1. The molecule has 1 amide bonds. The zero-order valence-corrected chi connectivity index (χ0v) is 11.8. The Bertz CT molecular complexity index is 658. The van der Waals surface area contributed by atoms with Crippen LogP contribution in [0.5, 0.6) is 11.5 Å². The second-order valence-electron chi connectivity index (χ2n) is 4.39. The third-order valence-electron chi connectivity index (χ3n) is 3.13. The summed E-state index contributed by atoms with van der Waals surface area (Å²) in [6.07, 6.45) is 0. The number of halogens is 1. The molecule has 0 unspecified atom stereocenters. The molecule has 0 bridgehead atoms. The number of hydrogen-bond donors (Lipinski definition) is 1. The SMILES string of the molecule is CCN(C(=O)c1ccc(OC)c(O)c1)c1ccccc1F. The lowest BCUT2D eigenvalue weighted by Crippen LogP contribution is -2.31. The van der Waals surface area contributed by atoms with Crippen molar-refractivity contribution in [3.05, 3.63) is 53.8 Å². The molecule has 2 rings (SSSR count). The molecule has 0 aliphatic heterocycles. The number of carbonyl (C=O) groups excluding carboxylic acids is 1. The molecule has 0 saturated heterocycles. The second kappa shape index (κ2) is 6.26. The van der Waals surface area contributed by atoms with E-state index in [1.165, 1.54) is 36.3 Å². The quantitative estimate of drug-likeness (QED) is 0.940. The number of ether oxygens (including phenoxy) is 1. The van der Waals surface area contributed by atoms with E-state index in [1.807, 2.05) is 0 Å². The fourth-order valence-electron chi connectivity index (χ4n) is 2.07. The minimum atomic E-state index is -0.467. The van der Waals surface area contributed by atoms with Crippen LogP contribution in [-0.2, 0) is 0 Å². The number of carbonyl (C=O) groups is 1. The second-order valence-corrected chi connectivity index (χ2v) is 4.39. The minimum absolute atomic E-state index is 0.132. The Balaban J connectivity index is 2.37. The van der Waals surface area contributed by atoms with Crippen molar-refractivity contribution in [1.82, 2.24) is 0 Å². The smallest absolute Gasteiger partial charge is 0.258 e. The number of phenols is 1. The van der Waals surface area contributed by atoms with Crippen molar-refractivity contribution < 1.29 is 19.0 Å². The molecule has 0 aromatic heterocycles.